The third kappa shape index (κ3) is 3.27. The van der Waals surface area contributed by atoms with Crippen LogP contribution >= 0.6 is 11.5 Å². The average Bonchev–Trinajstić information content (AvgIpc) is 2.90. The molecule has 0 radical (unpaired) electrons. The van der Waals surface area contributed by atoms with Gasteiger partial charge in [-0.25, -0.2) is 4.79 Å². The molecule has 0 aliphatic rings. The largest absolute Gasteiger partial charge is 0.453 e. The van der Waals surface area contributed by atoms with Crippen LogP contribution < -0.4 is 0 Å². The number of aryl methyl sites for hydroxylation is 2. The number of ether oxygens (including phenoxy) is 1. The van der Waals surface area contributed by atoms with Crippen molar-refractivity contribution < 1.29 is 14.3 Å². The molecule has 1 aromatic heterocycles. The smallest absolute Gasteiger partial charge is 0.352 e. The molecule has 0 unspecified atom stereocenters. The lowest BCUT2D eigenvalue weighted by Gasteiger charge is -2.04. The van der Waals surface area contributed by atoms with Gasteiger partial charge in [0.2, 0.25) is 0 Å². The maximum absolute atomic E-state index is 11.9. The third-order valence-electron chi connectivity index (χ3n) is 2.86. The van der Waals surface area contributed by atoms with Crippen molar-refractivity contribution in [3.05, 3.63) is 46.0 Å². The predicted molar refractivity (Wildman–Crippen MR) is 75.1 cm³/mol. The number of Topliss-reactive ketones (excluding diaryl/α,β-unsaturated/α-hetero) is 1. The van der Waals surface area contributed by atoms with E-state index < -0.39 is 5.97 Å². The lowest BCUT2D eigenvalue weighted by Crippen LogP contribution is -2.14. The van der Waals surface area contributed by atoms with Crippen LogP contribution in [0, 0.1) is 6.92 Å². The van der Waals surface area contributed by atoms with Gasteiger partial charge in [0, 0.05) is 5.56 Å². The summed E-state index contributed by atoms with van der Waals surface area (Å²) >= 11 is 0.963. The molecule has 0 aliphatic heterocycles. The van der Waals surface area contributed by atoms with Crippen LogP contribution in [-0.4, -0.2) is 27.9 Å². The van der Waals surface area contributed by atoms with E-state index in [2.05, 4.69) is 9.59 Å². The Morgan fingerprint density at radius 1 is 1.25 bits per heavy atom. The second-order valence-corrected chi connectivity index (χ2v) is 4.99. The zero-order valence-electron chi connectivity index (χ0n) is 11.3. The molecule has 20 heavy (non-hydrogen) atoms. The summed E-state index contributed by atoms with van der Waals surface area (Å²) < 4.78 is 8.64. The van der Waals surface area contributed by atoms with Crippen molar-refractivity contribution in [1.29, 1.82) is 0 Å². The van der Waals surface area contributed by atoms with E-state index >= 15 is 0 Å². The summed E-state index contributed by atoms with van der Waals surface area (Å²) in [5, 5.41) is 3.72. The first kappa shape index (κ1) is 14.3. The van der Waals surface area contributed by atoms with E-state index in [0.29, 0.717) is 16.1 Å². The van der Waals surface area contributed by atoms with Gasteiger partial charge in [-0.15, -0.1) is 5.10 Å². The number of carbonyl (C=O) groups excluding carboxylic acids is 2. The number of hydrogen-bond acceptors (Lipinski definition) is 6. The number of ketones is 1. The molecule has 0 saturated heterocycles. The fraction of sp³-hybridized carbons (Fsp3) is 0.286. The second kappa shape index (κ2) is 6.38. The van der Waals surface area contributed by atoms with Gasteiger partial charge in [-0.05, 0) is 30.4 Å². The molecule has 6 heteroatoms. The van der Waals surface area contributed by atoms with Crippen LogP contribution in [0.15, 0.2) is 24.3 Å². The topological polar surface area (TPSA) is 69.2 Å². The molecular formula is C14H14N2O3S. The van der Waals surface area contributed by atoms with Gasteiger partial charge in [-0.2, -0.15) is 0 Å². The number of hydrogen-bond donors (Lipinski definition) is 0. The Morgan fingerprint density at radius 3 is 2.50 bits per heavy atom. The molecule has 0 fully saturated rings. The van der Waals surface area contributed by atoms with Crippen molar-refractivity contribution in [2.45, 2.75) is 20.3 Å². The highest BCUT2D eigenvalue weighted by molar-refractivity contribution is 7.07. The van der Waals surface area contributed by atoms with E-state index in [9.17, 15) is 9.59 Å². The Bertz CT molecular complexity index is 620. The van der Waals surface area contributed by atoms with Crippen molar-refractivity contribution in [1.82, 2.24) is 9.59 Å². The summed E-state index contributed by atoms with van der Waals surface area (Å²) in [5.41, 5.74) is 2.21. The molecule has 0 amide bonds. The van der Waals surface area contributed by atoms with E-state index in [4.69, 9.17) is 4.74 Å². The summed E-state index contributed by atoms with van der Waals surface area (Å²) in [7, 11) is 0. The van der Waals surface area contributed by atoms with Crippen molar-refractivity contribution in [3.63, 3.8) is 0 Å². The highest BCUT2D eigenvalue weighted by Gasteiger charge is 2.16. The van der Waals surface area contributed by atoms with Crippen molar-refractivity contribution in [2.24, 2.45) is 0 Å². The van der Waals surface area contributed by atoms with Crippen molar-refractivity contribution in [3.8, 4) is 0 Å². The van der Waals surface area contributed by atoms with Crippen molar-refractivity contribution >= 4 is 23.3 Å². The minimum atomic E-state index is -0.559. The highest BCUT2D eigenvalue weighted by atomic mass is 32.1. The number of nitrogens with zero attached hydrogens (tertiary/aromatic N) is 2. The van der Waals surface area contributed by atoms with E-state index in [1.54, 1.807) is 19.1 Å². The van der Waals surface area contributed by atoms with Crippen molar-refractivity contribution in [2.75, 3.05) is 6.61 Å². The Balaban J connectivity index is 1.95. The molecule has 1 heterocycles. The Labute approximate surface area is 120 Å². The van der Waals surface area contributed by atoms with Gasteiger partial charge in [0.25, 0.3) is 0 Å². The molecule has 0 saturated carbocycles. The molecule has 1 aromatic carbocycles. The number of carbonyl (C=O) groups is 2. The maximum Gasteiger partial charge on any atom is 0.352 e. The van der Waals surface area contributed by atoms with Crippen LogP contribution in [0.1, 0.15) is 38.2 Å². The quantitative estimate of drug-likeness (QED) is 0.625. The molecule has 5 nitrogen and oxygen atoms in total. The highest BCUT2D eigenvalue weighted by Crippen LogP contribution is 2.11. The van der Waals surface area contributed by atoms with Gasteiger partial charge in [-0.1, -0.05) is 35.7 Å². The minimum absolute atomic E-state index is 0.226. The molecule has 0 bridgehead atoms. The summed E-state index contributed by atoms with van der Waals surface area (Å²) in [4.78, 5) is 23.9. The molecule has 0 N–H and O–H groups in total. The van der Waals surface area contributed by atoms with Gasteiger partial charge in [0.1, 0.15) is 0 Å². The number of benzene rings is 1. The van der Waals surface area contributed by atoms with Crippen LogP contribution in [0.5, 0.6) is 0 Å². The van der Waals surface area contributed by atoms with E-state index in [-0.39, 0.29) is 12.4 Å². The standard InChI is InChI=1S/C14H14N2O3S/c1-3-10-4-6-11(7-5-10)12(17)8-19-14(18)13-9(2)15-16-20-13/h4-7H,3,8H2,1-2H3. The zero-order valence-corrected chi connectivity index (χ0v) is 12.1. The first-order valence-electron chi connectivity index (χ1n) is 6.20. The average molecular weight is 290 g/mol. The third-order valence-corrected chi connectivity index (χ3v) is 3.66. The van der Waals surface area contributed by atoms with Crippen LogP contribution in [-0.2, 0) is 11.2 Å². The molecule has 104 valence electrons. The lowest BCUT2D eigenvalue weighted by atomic mass is 10.1. The monoisotopic (exact) mass is 290 g/mol. The van der Waals surface area contributed by atoms with Crippen LogP contribution in [0.3, 0.4) is 0 Å². The second-order valence-electron chi connectivity index (χ2n) is 4.24. The minimum Gasteiger partial charge on any atom is -0.453 e. The summed E-state index contributed by atoms with van der Waals surface area (Å²) in [6.45, 7) is 3.44. The summed E-state index contributed by atoms with van der Waals surface area (Å²) in [6.07, 6.45) is 0.918. The summed E-state index contributed by atoms with van der Waals surface area (Å²) in [5.74, 6) is -0.785. The fourth-order valence-electron chi connectivity index (χ4n) is 1.63. The van der Waals surface area contributed by atoms with E-state index in [1.807, 2.05) is 19.1 Å². The van der Waals surface area contributed by atoms with Crippen LogP contribution in [0.25, 0.3) is 0 Å². The number of esters is 1. The Kier molecular flexibility index (Phi) is 4.57. The molecular weight excluding hydrogens is 276 g/mol. The zero-order chi connectivity index (χ0) is 14.5. The molecule has 0 atom stereocenters. The molecule has 2 aromatic rings. The van der Waals surface area contributed by atoms with Crippen LogP contribution in [0.4, 0.5) is 0 Å². The van der Waals surface area contributed by atoms with Gasteiger partial charge in [-0.3, -0.25) is 4.79 Å². The SMILES string of the molecule is CCc1ccc(C(=O)COC(=O)c2snnc2C)cc1. The Morgan fingerprint density at radius 2 is 1.95 bits per heavy atom. The molecule has 0 aliphatic carbocycles. The van der Waals surface area contributed by atoms with Gasteiger partial charge < -0.3 is 4.74 Å². The molecule has 2 rings (SSSR count). The van der Waals surface area contributed by atoms with E-state index in [0.717, 1.165) is 23.5 Å². The Hall–Kier alpha value is -2.08. The van der Waals surface area contributed by atoms with Gasteiger partial charge in [0.05, 0.1) is 5.69 Å². The first-order valence-corrected chi connectivity index (χ1v) is 6.97. The van der Waals surface area contributed by atoms with Gasteiger partial charge >= 0.3 is 5.97 Å². The molecule has 0 spiro atoms. The lowest BCUT2D eigenvalue weighted by molar-refractivity contribution is 0.0478. The number of rotatable bonds is 5. The summed E-state index contributed by atoms with van der Waals surface area (Å²) in [6, 6.07) is 7.28. The fourth-order valence-corrected chi connectivity index (χ4v) is 2.18. The van der Waals surface area contributed by atoms with Gasteiger partial charge in [0.15, 0.2) is 17.3 Å². The van der Waals surface area contributed by atoms with E-state index in [1.165, 1.54) is 0 Å². The first-order chi connectivity index (χ1) is 9.61. The van der Waals surface area contributed by atoms with Crippen LogP contribution in [0.2, 0.25) is 0 Å². The maximum atomic E-state index is 11.9. The number of aromatic nitrogens is 2. The normalized spacial score (nSPS) is 10.3. The predicted octanol–water partition coefficient (Wildman–Crippen LogP) is 2.45.